The van der Waals surface area contributed by atoms with E-state index >= 15 is 0 Å². The second-order valence-corrected chi connectivity index (χ2v) is 6.09. The van der Waals surface area contributed by atoms with Crippen molar-refractivity contribution < 1.29 is 24.8 Å². The minimum absolute atomic E-state index is 0.157. The highest BCUT2D eigenvalue weighted by Crippen LogP contribution is 2.31. The van der Waals surface area contributed by atoms with E-state index in [1.807, 2.05) is 6.92 Å². The van der Waals surface area contributed by atoms with Gasteiger partial charge in [-0.1, -0.05) is 5.92 Å². The molecule has 1 aliphatic heterocycles. The van der Waals surface area contributed by atoms with Gasteiger partial charge in [0.05, 0.1) is 12.9 Å². The Morgan fingerprint density at radius 2 is 2.15 bits per heavy atom. The van der Waals surface area contributed by atoms with Gasteiger partial charge >= 0.3 is 0 Å². The zero-order chi connectivity index (χ0) is 19.4. The molecule has 146 valence electrons. The Balaban J connectivity index is 1.84. The molecule has 0 saturated carbocycles. The molecule has 0 amide bonds. The highest BCUT2D eigenvalue weighted by molar-refractivity contribution is 5.82. The summed E-state index contributed by atoms with van der Waals surface area (Å²) in [7, 11) is 0. The van der Waals surface area contributed by atoms with Crippen LogP contribution in [0.4, 0.5) is 5.82 Å². The molecule has 2 unspecified atom stereocenters. The maximum absolute atomic E-state index is 10.2. The van der Waals surface area contributed by atoms with E-state index in [1.165, 1.54) is 10.9 Å². The van der Waals surface area contributed by atoms with Crippen LogP contribution in [0, 0.1) is 11.8 Å². The van der Waals surface area contributed by atoms with E-state index in [0.717, 1.165) is 6.42 Å². The summed E-state index contributed by atoms with van der Waals surface area (Å²) in [5.41, 5.74) is 6.62. The van der Waals surface area contributed by atoms with Crippen LogP contribution in [0.25, 0.3) is 11.2 Å². The fourth-order valence-electron chi connectivity index (χ4n) is 2.84. The fraction of sp³-hybridized carbons (Fsp3) is 0.588. The normalized spacial score (nSPS) is 24.9. The van der Waals surface area contributed by atoms with Crippen molar-refractivity contribution in [3.8, 4) is 11.8 Å². The first-order valence-electron chi connectivity index (χ1n) is 8.76. The van der Waals surface area contributed by atoms with E-state index in [9.17, 15) is 15.3 Å². The van der Waals surface area contributed by atoms with Crippen LogP contribution in [0.2, 0.25) is 0 Å². The zero-order valence-electron chi connectivity index (χ0n) is 14.9. The lowest BCUT2D eigenvalue weighted by Crippen LogP contribution is -2.33. The van der Waals surface area contributed by atoms with Crippen LogP contribution in [-0.2, 0) is 9.47 Å². The van der Waals surface area contributed by atoms with Crippen molar-refractivity contribution in [2.75, 3.05) is 25.6 Å². The zero-order valence-corrected chi connectivity index (χ0v) is 14.9. The molecule has 0 aliphatic carbocycles. The summed E-state index contributed by atoms with van der Waals surface area (Å²) in [4.78, 5) is 12.6. The predicted molar refractivity (Wildman–Crippen MR) is 95.3 cm³/mol. The molecule has 2 aromatic rings. The second-order valence-electron chi connectivity index (χ2n) is 6.09. The second kappa shape index (κ2) is 8.60. The highest BCUT2D eigenvalue weighted by Gasteiger charge is 2.44. The summed E-state index contributed by atoms with van der Waals surface area (Å²) >= 11 is 0. The first kappa shape index (κ1) is 19.5. The number of hydrogen-bond acceptors (Lipinski definition) is 9. The summed E-state index contributed by atoms with van der Waals surface area (Å²) in [6.07, 6.45) is -1.48. The van der Waals surface area contributed by atoms with Gasteiger partial charge in [-0.25, -0.2) is 15.0 Å². The third-order valence-corrected chi connectivity index (χ3v) is 4.23. The van der Waals surface area contributed by atoms with Crippen molar-refractivity contribution in [3.05, 3.63) is 12.2 Å². The lowest BCUT2D eigenvalue weighted by molar-refractivity contribution is -0.0511. The van der Waals surface area contributed by atoms with Crippen molar-refractivity contribution in [2.45, 2.75) is 44.3 Å². The molecule has 5 N–H and O–H groups in total. The van der Waals surface area contributed by atoms with Gasteiger partial charge in [0.15, 0.2) is 17.7 Å². The van der Waals surface area contributed by atoms with Crippen LogP contribution < -0.4 is 5.73 Å². The molecule has 0 aromatic carbocycles. The number of anilines is 1. The van der Waals surface area contributed by atoms with E-state index in [1.54, 1.807) is 0 Å². The molecule has 4 atom stereocenters. The maximum Gasteiger partial charge on any atom is 0.208 e. The smallest absolute Gasteiger partial charge is 0.208 e. The van der Waals surface area contributed by atoms with Gasteiger partial charge in [-0.2, -0.15) is 0 Å². The van der Waals surface area contributed by atoms with Crippen molar-refractivity contribution in [1.82, 2.24) is 19.5 Å². The molecule has 0 spiro atoms. The molecular weight excluding hydrogens is 354 g/mol. The minimum atomic E-state index is -1.25. The predicted octanol–water partition coefficient (Wildman–Crippen LogP) is -0.812. The van der Waals surface area contributed by atoms with E-state index < -0.39 is 31.1 Å². The third-order valence-electron chi connectivity index (χ3n) is 4.23. The summed E-state index contributed by atoms with van der Waals surface area (Å²) < 4.78 is 12.2. The van der Waals surface area contributed by atoms with Crippen molar-refractivity contribution in [2.24, 2.45) is 0 Å². The summed E-state index contributed by atoms with van der Waals surface area (Å²) in [6, 6.07) is 0. The Kier molecular flexibility index (Phi) is 6.20. The molecule has 0 radical (unpaired) electrons. The number of aliphatic hydroxyl groups excluding tert-OH is 3. The number of nitrogens with zero attached hydrogens (tertiary/aromatic N) is 4. The number of imidazole rings is 1. The van der Waals surface area contributed by atoms with Crippen molar-refractivity contribution in [3.63, 3.8) is 0 Å². The number of hydrogen-bond donors (Lipinski definition) is 4. The number of rotatable bonds is 6. The van der Waals surface area contributed by atoms with E-state index in [2.05, 4.69) is 26.8 Å². The van der Waals surface area contributed by atoms with E-state index in [0.29, 0.717) is 30.8 Å². The lowest BCUT2D eigenvalue weighted by Gasteiger charge is -2.16. The third kappa shape index (κ3) is 4.02. The number of ether oxygens (including phenoxy) is 2. The molecule has 1 fully saturated rings. The van der Waals surface area contributed by atoms with Gasteiger partial charge < -0.3 is 30.5 Å². The van der Waals surface area contributed by atoms with Gasteiger partial charge in [0.2, 0.25) is 5.82 Å². The molecule has 0 bridgehead atoms. The molecule has 3 rings (SSSR count). The van der Waals surface area contributed by atoms with Crippen molar-refractivity contribution in [1.29, 1.82) is 0 Å². The highest BCUT2D eigenvalue weighted by atomic mass is 16.6. The number of aromatic nitrogens is 4. The Labute approximate surface area is 156 Å². The quantitative estimate of drug-likeness (QED) is 0.374. The molecule has 27 heavy (non-hydrogen) atoms. The number of nitrogen functional groups attached to an aromatic ring is 1. The molecular formula is C17H23N5O5. The average molecular weight is 377 g/mol. The van der Waals surface area contributed by atoms with Crippen LogP contribution in [0.1, 0.15) is 31.8 Å². The number of nitrogens with two attached hydrogens (primary N) is 1. The SMILES string of the molecule is CCOCCCC#Cc1nc(N)c2ncn([C@@H]3O[C@H](CO)C(O)C3O)c2n1. The summed E-state index contributed by atoms with van der Waals surface area (Å²) in [5, 5.41) is 29.4. The summed E-state index contributed by atoms with van der Waals surface area (Å²) in [5.74, 6) is 6.22. The van der Waals surface area contributed by atoms with Crippen LogP contribution in [0.5, 0.6) is 0 Å². The number of unbranched alkanes of at least 4 members (excludes halogenated alkanes) is 1. The Morgan fingerprint density at radius 1 is 1.33 bits per heavy atom. The molecule has 1 saturated heterocycles. The number of aliphatic hydroxyl groups is 3. The van der Waals surface area contributed by atoms with Crippen LogP contribution in [-0.4, -0.2) is 73.0 Å². The van der Waals surface area contributed by atoms with Crippen molar-refractivity contribution >= 4 is 17.0 Å². The van der Waals surface area contributed by atoms with Crippen LogP contribution in [0.15, 0.2) is 6.33 Å². The Hall–Kier alpha value is -2.29. The lowest BCUT2D eigenvalue weighted by atomic mass is 10.1. The standard InChI is InChI=1S/C17H23N5O5/c1-2-26-7-5-3-4-6-11-20-15(18)12-16(21-11)22(9-19-12)17-14(25)13(24)10(8-23)27-17/h9-10,13-14,17,23-25H,2-3,5,7-8H2,1H3,(H2,18,20,21)/t10-,13?,14?,17-/m1/s1. The minimum Gasteiger partial charge on any atom is -0.394 e. The molecule has 2 aromatic heterocycles. The molecule has 3 heterocycles. The first-order chi connectivity index (χ1) is 13.1. The Morgan fingerprint density at radius 3 is 2.85 bits per heavy atom. The average Bonchev–Trinajstić information content (AvgIpc) is 3.20. The van der Waals surface area contributed by atoms with Gasteiger partial charge in [0.25, 0.3) is 0 Å². The first-order valence-corrected chi connectivity index (χ1v) is 8.76. The maximum atomic E-state index is 10.2. The molecule has 10 nitrogen and oxygen atoms in total. The van der Waals surface area contributed by atoms with Crippen LogP contribution >= 0.6 is 0 Å². The Bertz CT molecular complexity index is 845. The molecule has 1 aliphatic rings. The van der Waals surface area contributed by atoms with Gasteiger partial charge in [-0.3, -0.25) is 4.57 Å². The van der Waals surface area contributed by atoms with Gasteiger partial charge in [0.1, 0.15) is 23.8 Å². The molecule has 10 heteroatoms. The monoisotopic (exact) mass is 377 g/mol. The fourth-order valence-corrected chi connectivity index (χ4v) is 2.84. The van der Waals surface area contributed by atoms with Crippen LogP contribution in [0.3, 0.4) is 0 Å². The van der Waals surface area contributed by atoms with Gasteiger partial charge in [0, 0.05) is 19.6 Å². The van der Waals surface area contributed by atoms with Gasteiger partial charge in [-0.15, -0.1) is 0 Å². The topological polar surface area (TPSA) is 149 Å². The van der Waals surface area contributed by atoms with Gasteiger partial charge in [-0.05, 0) is 19.3 Å². The van der Waals surface area contributed by atoms with E-state index in [4.69, 9.17) is 15.2 Å². The largest absolute Gasteiger partial charge is 0.394 e. The van der Waals surface area contributed by atoms with E-state index in [-0.39, 0.29) is 11.6 Å². The summed E-state index contributed by atoms with van der Waals surface area (Å²) in [6.45, 7) is 2.84. The number of fused-ring (bicyclic) bond motifs is 1.